The van der Waals surface area contributed by atoms with Crippen molar-refractivity contribution in [2.45, 2.75) is 0 Å². The number of nitrogens with one attached hydrogen (secondary N) is 2. The van der Waals surface area contributed by atoms with E-state index in [1.54, 1.807) is 24.3 Å². The maximum absolute atomic E-state index is 13.8. The zero-order valence-electron chi connectivity index (χ0n) is 16.2. The van der Waals surface area contributed by atoms with E-state index in [1.807, 2.05) is 0 Å². The number of hydrogen-bond donors (Lipinski definition) is 2. The smallest absolute Gasteiger partial charge is 0.293 e. The molecule has 0 radical (unpaired) electrons. The average molecular weight is 478 g/mol. The van der Waals surface area contributed by atoms with Gasteiger partial charge >= 0.3 is 0 Å². The summed E-state index contributed by atoms with van der Waals surface area (Å²) in [5, 5.41) is 5.62. The van der Waals surface area contributed by atoms with Crippen molar-refractivity contribution in [1.29, 1.82) is 0 Å². The Kier molecular flexibility index (Phi) is 5.97. The molecule has 5 nitrogen and oxygen atoms in total. The minimum absolute atomic E-state index is 0.0174. The van der Waals surface area contributed by atoms with Gasteiger partial charge in [0.2, 0.25) is 34.8 Å². The number of carbonyl (C=O) groups excluding carboxylic acids is 1. The Morgan fingerprint density at radius 1 is 0.848 bits per heavy atom. The number of thiocarbonyl (C=S) groups is 1. The van der Waals surface area contributed by atoms with E-state index < -0.39 is 40.7 Å². The van der Waals surface area contributed by atoms with Gasteiger partial charge in [-0.25, -0.2) is 13.2 Å². The van der Waals surface area contributed by atoms with Crippen LogP contribution in [0.4, 0.5) is 27.6 Å². The minimum Gasteiger partial charge on any atom is -0.451 e. The standard InChI is InChI=1S/C22H11F5N2O3S/c23-15-16(24)18(26)20(19(27)17(15)25)31-12-6-3-5-11(9-12)28-22(33)29-21(30)14-8-10-4-1-2-7-13(10)32-14/h1-9H,(H2,28,29,30,33). The van der Waals surface area contributed by atoms with Gasteiger partial charge in [-0.3, -0.25) is 10.1 Å². The van der Waals surface area contributed by atoms with E-state index in [4.69, 9.17) is 21.4 Å². The molecule has 0 saturated carbocycles. The van der Waals surface area contributed by atoms with Crippen LogP contribution in [-0.4, -0.2) is 11.0 Å². The second-order valence-electron chi connectivity index (χ2n) is 6.59. The van der Waals surface area contributed by atoms with Crippen LogP contribution in [0.2, 0.25) is 0 Å². The number of hydrogen-bond acceptors (Lipinski definition) is 4. The summed E-state index contributed by atoms with van der Waals surface area (Å²) < 4.78 is 77.9. The maximum Gasteiger partial charge on any atom is 0.293 e. The molecule has 11 heteroatoms. The lowest BCUT2D eigenvalue weighted by molar-refractivity contribution is 0.0953. The first kappa shape index (κ1) is 22.2. The van der Waals surface area contributed by atoms with Crippen LogP contribution >= 0.6 is 12.2 Å². The molecule has 1 aromatic heterocycles. The molecule has 2 N–H and O–H groups in total. The van der Waals surface area contributed by atoms with E-state index in [0.29, 0.717) is 5.58 Å². The lowest BCUT2D eigenvalue weighted by Gasteiger charge is -2.12. The molecule has 3 aromatic carbocycles. The molecule has 0 fully saturated rings. The molecule has 0 aliphatic rings. The number of para-hydroxylation sites is 1. The summed E-state index contributed by atoms with van der Waals surface area (Å²) in [6, 6.07) is 13.8. The van der Waals surface area contributed by atoms with Crippen molar-refractivity contribution < 1.29 is 35.9 Å². The van der Waals surface area contributed by atoms with Crippen LogP contribution in [0.15, 0.2) is 59.0 Å². The van der Waals surface area contributed by atoms with Gasteiger partial charge in [-0.1, -0.05) is 24.3 Å². The number of halogens is 5. The highest BCUT2D eigenvalue weighted by Gasteiger charge is 2.27. The molecule has 0 unspecified atom stereocenters. The zero-order chi connectivity index (χ0) is 23.7. The third kappa shape index (κ3) is 4.48. The largest absolute Gasteiger partial charge is 0.451 e. The fourth-order valence-corrected chi connectivity index (χ4v) is 3.06. The topological polar surface area (TPSA) is 63.5 Å². The summed E-state index contributed by atoms with van der Waals surface area (Å²) in [7, 11) is 0. The molecular formula is C22H11F5N2O3S. The highest BCUT2D eigenvalue weighted by atomic mass is 32.1. The SMILES string of the molecule is O=C(NC(=S)Nc1cccc(Oc2c(F)c(F)c(F)c(F)c2F)c1)c1cc2ccccc2o1. The second kappa shape index (κ2) is 8.87. The van der Waals surface area contributed by atoms with E-state index in [1.165, 1.54) is 30.3 Å². The normalized spacial score (nSPS) is 10.8. The summed E-state index contributed by atoms with van der Waals surface area (Å²) >= 11 is 5.07. The number of carbonyl (C=O) groups is 1. The Balaban J connectivity index is 1.47. The Morgan fingerprint density at radius 2 is 1.52 bits per heavy atom. The van der Waals surface area contributed by atoms with Crippen molar-refractivity contribution in [2.24, 2.45) is 0 Å². The Labute approximate surface area is 187 Å². The molecule has 1 heterocycles. The summed E-state index contributed by atoms with van der Waals surface area (Å²) in [6.45, 7) is 0. The van der Waals surface area contributed by atoms with Gasteiger partial charge in [0, 0.05) is 17.1 Å². The van der Waals surface area contributed by atoms with Crippen molar-refractivity contribution in [3.8, 4) is 11.5 Å². The highest BCUT2D eigenvalue weighted by Crippen LogP contribution is 2.33. The predicted octanol–water partition coefficient (Wildman–Crippen LogP) is 6.05. The molecule has 168 valence electrons. The maximum atomic E-state index is 13.8. The summed E-state index contributed by atoms with van der Waals surface area (Å²) in [5.74, 6) is -13.1. The van der Waals surface area contributed by atoms with Gasteiger partial charge in [0.25, 0.3) is 5.91 Å². The zero-order valence-corrected chi connectivity index (χ0v) is 17.0. The van der Waals surface area contributed by atoms with Gasteiger partial charge in [-0.2, -0.15) is 8.78 Å². The summed E-state index contributed by atoms with van der Waals surface area (Å²) in [4.78, 5) is 12.3. The number of amides is 1. The van der Waals surface area contributed by atoms with E-state index in [0.717, 1.165) is 5.39 Å². The second-order valence-corrected chi connectivity index (χ2v) is 6.99. The van der Waals surface area contributed by atoms with Gasteiger partial charge in [0.15, 0.2) is 10.9 Å². The van der Waals surface area contributed by atoms with E-state index in [-0.39, 0.29) is 22.3 Å². The Bertz CT molecular complexity index is 1340. The Hall–Kier alpha value is -3.99. The Morgan fingerprint density at radius 3 is 2.21 bits per heavy atom. The molecule has 0 spiro atoms. The van der Waals surface area contributed by atoms with Crippen molar-refractivity contribution in [2.75, 3.05) is 5.32 Å². The predicted molar refractivity (Wildman–Crippen MR) is 113 cm³/mol. The van der Waals surface area contributed by atoms with Crippen LogP contribution in [0.3, 0.4) is 0 Å². The fourth-order valence-electron chi connectivity index (χ4n) is 2.85. The number of anilines is 1. The number of furan rings is 1. The molecule has 33 heavy (non-hydrogen) atoms. The lowest BCUT2D eigenvalue weighted by Crippen LogP contribution is -2.33. The van der Waals surface area contributed by atoms with Crippen LogP contribution in [0.1, 0.15) is 10.6 Å². The monoisotopic (exact) mass is 478 g/mol. The van der Waals surface area contributed by atoms with Gasteiger partial charge in [0.05, 0.1) is 0 Å². The van der Waals surface area contributed by atoms with Gasteiger partial charge in [0.1, 0.15) is 11.3 Å². The van der Waals surface area contributed by atoms with Gasteiger partial charge < -0.3 is 14.5 Å². The van der Waals surface area contributed by atoms with Crippen molar-refractivity contribution in [3.05, 3.63) is 89.4 Å². The van der Waals surface area contributed by atoms with Crippen molar-refractivity contribution >= 4 is 39.9 Å². The quantitative estimate of drug-likeness (QED) is 0.162. The van der Waals surface area contributed by atoms with Crippen LogP contribution in [0.5, 0.6) is 11.5 Å². The molecule has 0 atom stereocenters. The van der Waals surface area contributed by atoms with Crippen LogP contribution in [0, 0.1) is 29.1 Å². The van der Waals surface area contributed by atoms with Crippen LogP contribution in [0.25, 0.3) is 11.0 Å². The molecule has 4 aromatic rings. The molecular weight excluding hydrogens is 467 g/mol. The van der Waals surface area contributed by atoms with Crippen molar-refractivity contribution in [3.63, 3.8) is 0 Å². The third-order valence-corrected chi connectivity index (χ3v) is 4.56. The van der Waals surface area contributed by atoms with Crippen LogP contribution < -0.4 is 15.4 Å². The minimum atomic E-state index is -2.29. The molecule has 4 rings (SSSR count). The number of rotatable bonds is 4. The summed E-state index contributed by atoms with van der Waals surface area (Å²) in [6.07, 6.45) is 0. The molecule has 1 amide bonds. The lowest BCUT2D eigenvalue weighted by atomic mass is 10.2. The van der Waals surface area contributed by atoms with E-state index in [2.05, 4.69) is 10.6 Å². The molecule has 0 bridgehead atoms. The number of ether oxygens (including phenoxy) is 1. The summed E-state index contributed by atoms with van der Waals surface area (Å²) in [5.41, 5.74) is 0.714. The van der Waals surface area contributed by atoms with Crippen molar-refractivity contribution in [1.82, 2.24) is 5.32 Å². The fraction of sp³-hybridized carbons (Fsp3) is 0. The average Bonchev–Trinajstić information content (AvgIpc) is 3.24. The number of benzene rings is 3. The van der Waals surface area contributed by atoms with Gasteiger partial charge in [-0.15, -0.1) is 0 Å². The number of fused-ring (bicyclic) bond motifs is 1. The van der Waals surface area contributed by atoms with Gasteiger partial charge in [-0.05, 0) is 36.5 Å². The van der Waals surface area contributed by atoms with Crippen LogP contribution in [-0.2, 0) is 0 Å². The van der Waals surface area contributed by atoms with E-state index in [9.17, 15) is 26.7 Å². The first-order valence-electron chi connectivity index (χ1n) is 9.15. The molecule has 0 aliphatic heterocycles. The molecule has 0 saturated heterocycles. The first-order chi connectivity index (χ1) is 15.7. The van der Waals surface area contributed by atoms with E-state index >= 15 is 0 Å². The third-order valence-electron chi connectivity index (χ3n) is 4.36. The highest BCUT2D eigenvalue weighted by molar-refractivity contribution is 7.80. The molecule has 0 aliphatic carbocycles. The first-order valence-corrected chi connectivity index (χ1v) is 9.55.